The van der Waals surface area contributed by atoms with Gasteiger partial charge in [0.15, 0.2) is 0 Å². The quantitative estimate of drug-likeness (QED) is 0.616. The van der Waals surface area contributed by atoms with Gasteiger partial charge in [-0.25, -0.2) is 9.78 Å². The number of aromatic nitrogens is 3. The van der Waals surface area contributed by atoms with Crippen LogP contribution in [0, 0.1) is 11.8 Å². The van der Waals surface area contributed by atoms with Gasteiger partial charge in [0.25, 0.3) is 5.56 Å². The summed E-state index contributed by atoms with van der Waals surface area (Å²) < 4.78 is 13.1. The summed E-state index contributed by atoms with van der Waals surface area (Å²) in [6.07, 6.45) is 4.52. The van der Waals surface area contributed by atoms with E-state index in [0.717, 1.165) is 12.8 Å². The monoisotopic (exact) mass is 452 g/mol. The molecule has 9 nitrogen and oxygen atoms in total. The highest BCUT2D eigenvalue weighted by Gasteiger charge is 2.27. The molecule has 2 heterocycles. The molecular formula is C24H28N4O5. The number of ether oxygens (including phenoxy) is 2. The summed E-state index contributed by atoms with van der Waals surface area (Å²) in [5.41, 5.74) is 0.573. The summed E-state index contributed by atoms with van der Waals surface area (Å²) in [7, 11) is 4.75. The standard InChI is InChI=1S/C24H28N4O5/c1-27-20-10-9-18(32-2)12-19(20)23(30)28(24(27)31)14-15-4-6-16(7-5-15)22(29)26-17-8-11-21(33-3)25-13-17/h8-13,15-16H,4-7,14H2,1-3H3,(H,26,29)/t15-,16-. The summed E-state index contributed by atoms with van der Waals surface area (Å²) >= 11 is 0. The van der Waals surface area contributed by atoms with E-state index in [-0.39, 0.29) is 29.0 Å². The Morgan fingerprint density at radius 1 is 1.09 bits per heavy atom. The number of benzene rings is 1. The van der Waals surface area contributed by atoms with Gasteiger partial charge < -0.3 is 14.8 Å². The number of carbonyl (C=O) groups excluding carboxylic acids is 1. The fourth-order valence-electron chi connectivity index (χ4n) is 4.47. The first-order valence-electron chi connectivity index (χ1n) is 11.0. The number of anilines is 1. The number of hydrogen-bond donors (Lipinski definition) is 1. The number of methoxy groups -OCH3 is 2. The van der Waals surface area contributed by atoms with E-state index in [1.807, 2.05) is 0 Å². The van der Waals surface area contributed by atoms with Crippen LogP contribution >= 0.6 is 0 Å². The molecule has 0 atom stereocenters. The molecule has 0 aliphatic heterocycles. The molecule has 33 heavy (non-hydrogen) atoms. The SMILES string of the molecule is COc1ccc2c(c1)c(=O)n(C[C@H]1CC[C@H](C(=O)Nc3ccc(OC)nc3)CC1)c(=O)n2C. The van der Waals surface area contributed by atoms with Crippen LogP contribution in [-0.4, -0.2) is 34.2 Å². The van der Waals surface area contributed by atoms with Gasteiger partial charge in [-0.1, -0.05) is 0 Å². The minimum atomic E-state index is -0.329. The van der Waals surface area contributed by atoms with E-state index >= 15 is 0 Å². The number of aryl methyl sites for hydroxylation is 1. The third kappa shape index (κ3) is 4.62. The lowest BCUT2D eigenvalue weighted by Gasteiger charge is -2.28. The number of hydrogen-bond acceptors (Lipinski definition) is 6. The van der Waals surface area contributed by atoms with Crippen LogP contribution in [0.25, 0.3) is 10.9 Å². The summed E-state index contributed by atoms with van der Waals surface area (Å²) in [5, 5.41) is 3.36. The average Bonchev–Trinajstić information content (AvgIpc) is 2.85. The van der Waals surface area contributed by atoms with Gasteiger partial charge in [0.05, 0.1) is 37.0 Å². The molecule has 1 fully saturated rings. The van der Waals surface area contributed by atoms with Gasteiger partial charge in [0.1, 0.15) is 5.75 Å². The number of amides is 1. The first-order valence-corrected chi connectivity index (χ1v) is 11.0. The van der Waals surface area contributed by atoms with Crippen molar-refractivity contribution in [3.63, 3.8) is 0 Å². The lowest BCUT2D eigenvalue weighted by atomic mass is 9.81. The smallest absolute Gasteiger partial charge is 0.331 e. The number of nitrogens with one attached hydrogen (secondary N) is 1. The second-order valence-corrected chi connectivity index (χ2v) is 8.44. The Hall–Kier alpha value is -3.62. The van der Waals surface area contributed by atoms with Crippen molar-refractivity contribution in [3.8, 4) is 11.6 Å². The summed E-state index contributed by atoms with van der Waals surface area (Å²) in [6.45, 7) is 0.343. The highest BCUT2D eigenvalue weighted by molar-refractivity contribution is 5.92. The van der Waals surface area contributed by atoms with Gasteiger partial charge in [-0.3, -0.25) is 18.7 Å². The first-order chi connectivity index (χ1) is 15.9. The van der Waals surface area contributed by atoms with Gasteiger partial charge >= 0.3 is 5.69 Å². The molecule has 1 N–H and O–H groups in total. The van der Waals surface area contributed by atoms with Gasteiger partial charge in [-0.2, -0.15) is 0 Å². The van der Waals surface area contributed by atoms with Crippen LogP contribution in [-0.2, 0) is 18.4 Å². The van der Waals surface area contributed by atoms with Crippen molar-refractivity contribution in [2.75, 3.05) is 19.5 Å². The third-order valence-corrected chi connectivity index (χ3v) is 6.43. The molecule has 174 valence electrons. The van der Waals surface area contributed by atoms with Crippen molar-refractivity contribution in [1.29, 1.82) is 0 Å². The van der Waals surface area contributed by atoms with Crippen molar-refractivity contribution >= 4 is 22.5 Å². The summed E-state index contributed by atoms with van der Waals surface area (Å²) in [5.74, 6) is 1.07. The van der Waals surface area contributed by atoms with E-state index < -0.39 is 0 Å². The zero-order valence-electron chi connectivity index (χ0n) is 19.0. The fourth-order valence-corrected chi connectivity index (χ4v) is 4.47. The van der Waals surface area contributed by atoms with Crippen LogP contribution in [0.5, 0.6) is 11.6 Å². The maximum atomic E-state index is 13.1. The maximum absolute atomic E-state index is 13.1. The predicted molar refractivity (Wildman–Crippen MR) is 125 cm³/mol. The maximum Gasteiger partial charge on any atom is 0.331 e. The summed E-state index contributed by atoms with van der Waals surface area (Å²) in [6, 6.07) is 8.59. The lowest BCUT2D eigenvalue weighted by Crippen LogP contribution is -2.41. The second kappa shape index (κ2) is 9.48. The highest BCUT2D eigenvalue weighted by Crippen LogP contribution is 2.30. The first kappa shape index (κ1) is 22.6. The van der Waals surface area contributed by atoms with E-state index in [4.69, 9.17) is 9.47 Å². The summed E-state index contributed by atoms with van der Waals surface area (Å²) in [4.78, 5) is 42.7. The molecule has 0 unspecified atom stereocenters. The largest absolute Gasteiger partial charge is 0.497 e. The molecular weight excluding hydrogens is 424 g/mol. The predicted octanol–water partition coefficient (Wildman–Crippen LogP) is 2.56. The van der Waals surface area contributed by atoms with Gasteiger partial charge in [-0.15, -0.1) is 0 Å². The zero-order chi connectivity index (χ0) is 23.5. The van der Waals surface area contributed by atoms with Crippen LogP contribution < -0.4 is 26.0 Å². The Morgan fingerprint density at radius 3 is 2.48 bits per heavy atom. The minimum absolute atomic E-state index is 0.0358. The van der Waals surface area contributed by atoms with Crippen LogP contribution in [0.4, 0.5) is 5.69 Å². The van der Waals surface area contributed by atoms with E-state index in [1.165, 1.54) is 16.2 Å². The van der Waals surface area contributed by atoms with E-state index in [2.05, 4.69) is 10.3 Å². The number of rotatable bonds is 6. The fraction of sp³-hybridized carbons (Fsp3) is 0.417. The number of pyridine rings is 1. The van der Waals surface area contributed by atoms with Crippen molar-refractivity contribution in [3.05, 3.63) is 57.4 Å². The van der Waals surface area contributed by atoms with Crippen LogP contribution in [0.1, 0.15) is 25.7 Å². The van der Waals surface area contributed by atoms with E-state index in [0.29, 0.717) is 47.6 Å². The molecule has 1 amide bonds. The molecule has 1 aromatic carbocycles. The third-order valence-electron chi connectivity index (χ3n) is 6.43. The molecule has 1 saturated carbocycles. The van der Waals surface area contributed by atoms with Crippen molar-refractivity contribution < 1.29 is 14.3 Å². The Kier molecular flexibility index (Phi) is 6.48. The van der Waals surface area contributed by atoms with Crippen LogP contribution in [0.2, 0.25) is 0 Å². The van der Waals surface area contributed by atoms with E-state index in [9.17, 15) is 14.4 Å². The Morgan fingerprint density at radius 2 is 1.85 bits per heavy atom. The molecule has 1 aliphatic carbocycles. The zero-order valence-corrected chi connectivity index (χ0v) is 19.0. The number of carbonyl (C=O) groups is 1. The lowest BCUT2D eigenvalue weighted by molar-refractivity contribution is -0.121. The molecule has 0 spiro atoms. The van der Waals surface area contributed by atoms with Crippen LogP contribution in [0.3, 0.4) is 0 Å². The van der Waals surface area contributed by atoms with Gasteiger partial charge in [0.2, 0.25) is 11.8 Å². The number of fused-ring (bicyclic) bond motifs is 1. The molecule has 0 radical (unpaired) electrons. The van der Waals surface area contributed by atoms with Gasteiger partial charge in [-0.05, 0) is 55.9 Å². The van der Waals surface area contributed by atoms with Crippen molar-refractivity contribution in [1.82, 2.24) is 14.1 Å². The second-order valence-electron chi connectivity index (χ2n) is 8.44. The van der Waals surface area contributed by atoms with Crippen LogP contribution in [0.15, 0.2) is 46.1 Å². The molecule has 3 aromatic rings. The van der Waals surface area contributed by atoms with Crippen molar-refractivity contribution in [2.45, 2.75) is 32.2 Å². The van der Waals surface area contributed by atoms with E-state index in [1.54, 1.807) is 50.7 Å². The normalized spacial score (nSPS) is 18.2. The Balaban J connectivity index is 1.44. The average molecular weight is 453 g/mol. The molecule has 1 aliphatic rings. The molecule has 0 bridgehead atoms. The number of nitrogens with zero attached hydrogens (tertiary/aromatic N) is 3. The topological polar surface area (TPSA) is 104 Å². The van der Waals surface area contributed by atoms with Gasteiger partial charge in [0, 0.05) is 25.6 Å². The highest BCUT2D eigenvalue weighted by atomic mass is 16.5. The Labute approximate surface area is 191 Å². The molecule has 9 heteroatoms. The van der Waals surface area contributed by atoms with Crippen molar-refractivity contribution in [2.24, 2.45) is 18.9 Å². The molecule has 2 aromatic heterocycles. The molecule has 0 saturated heterocycles. The Bertz CT molecular complexity index is 1270. The minimum Gasteiger partial charge on any atom is -0.497 e. The molecule has 4 rings (SSSR count).